The van der Waals surface area contributed by atoms with Gasteiger partial charge in [-0.15, -0.1) is 11.3 Å². The third-order valence-electron chi connectivity index (χ3n) is 5.42. The number of aromatic nitrogens is 1. The first-order valence-corrected chi connectivity index (χ1v) is 13.0. The number of piperazine rings is 1. The van der Waals surface area contributed by atoms with Crippen LogP contribution in [0.25, 0.3) is 11.3 Å². The molecule has 34 heavy (non-hydrogen) atoms. The second-order valence-corrected chi connectivity index (χ2v) is 10.8. The molecule has 1 aromatic heterocycles. The second-order valence-electron chi connectivity index (χ2n) is 7.99. The van der Waals surface area contributed by atoms with Crippen LogP contribution in [0, 0.1) is 0 Å². The number of benzene rings is 2. The van der Waals surface area contributed by atoms with Crippen molar-refractivity contribution in [2.24, 2.45) is 0 Å². The summed E-state index contributed by atoms with van der Waals surface area (Å²) in [6.45, 7) is 3.62. The Morgan fingerprint density at radius 1 is 1.00 bits per heavy atom. The number of thiazole rings is 1. The highest BCUT2D eigenvalue weighted by molar-refractivity contribution is 7.89. The monoisotopic (exact) mass is 499 g/mol. The molecule has 1 fully saturated rings. The maximum absolute atomic E-state index is 13.0. The minimum absolute atomic E-state index is 0.101. The third-order valence-corrected chi connectivity index (χ3v) is 8.07. The number of carbonyl (C=O) groups is 2. The van der Waals surface area contributed by atoms with E-state index in [2.05, 4.69) is 20.5 Å². The van der Waals surface area contributed by atoms with Crippen LogP contribution in [-0.4, -0.2) is 67.6 Å². The molecule has 1 saturated heterocycles. The van der Waals surface area contributed by atoms with Gasteiger partial charge in [0.25, 0.3) is 5.91 Å². The highest BCUT2D eigenvalue weighted by atomic mass is 32.2. The molecule has 2 heterocycles. The van der Waals surface area contributed by atoms with E-state index < -0.39 is 15.9 Å². The summed E-state index contributed by atoms with van der Waals surface area (Å²) in [5.41, 5.74) is 2.45. The summed E-state index contributed by atoms with van der Waals surface area (Å²) in [7, 11) is -1.71. The van der Waals surface area contributed by atoms with Crippen LogP contribution >= 0.6 is 11.3 Å². The van der Waals surface area contributed by atoms with Crippen LogP contribution in [0.4, 0.5) is 10.8 Å². The lowest BCUT2D eigenvalue weighted by atomic mass is 10.1. The van der Waals surface area contributed by atoms with Crippen LogP contribution < -0.4 is 10.6 Å². The molecule has 0 aliphatic carbocycles. The number of rotatable bonds is 6. The van der Waals surface area contributed by atoms with Gasteiger partial charge < -0.3 is 10.2 Å². The molecule has 0 atom stereocenters. The molecule has 9 nitrogen and oxygen atoms in total. The van der Waals surface area contributed by atoms with Gasteiger partial charge in [0.05, 0.1) is 10.6 Å². The second kappa shape index (κ2) is 10.0. The molecule has 0 spiro atoms. The molecular formula is C23H25N5O4S2. The molecule has 2 N–H and O–H groups in total. The molecule has 3 aromatic rings. The Morgan fingerprint density at radius 2 is 1.71 bits per heavy atom. The summed E-state index contributed by atoms with van der Waals surface area (Å²) in [5.74, 6) is -0.579. The molecule has 178 valence electrons. The number of nitrogens with zero attached hydrogens (tertiary/aromatic N) is 3. The van der Waals surface area contributed by atoms with E-state index in [-0.39, 0.29) is 16.4 Å². The molecule has 0 bridgehead atoms. The average Bonchev–Trinajstić information content (AvgIpc) is 3.28. The predicted molar refractivity (Wildman–Crippen MR) is 133 cm³/mol. The number of carbonyl (C=O) groups excluding carboxylic acids is 2. The Hall–Kier alpha value is -3.12. The van der Waals surface area contributed by atoms with Crippen molar-refractivity contribution in [2.45, 2.75) is 11.8 Å². The fraction of sp³-hybridized carbons (Fsp3) is 0.261. The van der Waals surface area contributed by atoms with Crippen LogP contribution in [0.1, 0.15) is 17.3 Å². The van der Waals surface area contributed by atoms with E-state index in [9.17, 15) is 18.0 Å². The lowest BCUT2D eigenvalue weighted by Crippen LogP contribution is -2.47. The topological polar surface area (TPSA) is 112 Å². The molecule has 1 aliphatic rings. The van der Waals surface area contributed by atoms with Gasteiger partial charge in [0.1, 0.15) is 0 Å². The summed E-state index contributed by atoms with van der Waals surface area (Å²) in [6, 6.07) is 13.3. The van der Waals surface area contributed by atoms with E-state index in [1.54, 1.807) is 24.3 Å². The number of hydrogen-bond donors (Lipinski definition) is 2. The molecule has 4 rings (SSSR count). The highest BCUT2D eigenvalue weighted by Gasteiger charge is 2.28. The average molecular weight is 500 g/mol. The van der Waals surface area contributed by atoms with Gasteiger partial charge in [0.15, 0.2) is 5.13 Å². The van der Waals surface area contributed by atoms with Crippen molar-refractivity contribution < 1.29 is 18.0 Å². The Bertz CT molecular complexity index is 1300. The Labute approximate surface area is 202 Å². The molecule has 0 radical (unpaired) electrons. The molecule has 1 aliphatic heterocycles. The maximum atomic E-state index is 13.0. The van der Waals surface area contributed by atoms with Crippen molar-refractivity contribution in [3.8, 4) is 11.3 Å². The highest BCUT2D eigenvalue weighted by Crippen LogP contribution is 2.27. The largest absolute Gasteiger partial charge is 0.326 e. The summed E-state index contributed by atoms with van der Waals surface area (Å²) in [4.78, 5) is 30.6. The van der Waals surface area contributed by atoms with E-state index in [1.807, 2.05) is 24.6 Å². The van der Waals surface area contributed by atoms with Gasteiger partial charge in [-0.2, -0.15) is 4.31 Å². The van der Waals surface area contributed by atoms with Gasteiger partial charge in [-0.05, 0) is 37.4 Å². The van der Waals surface area contributed by atoms with Gasteiger partial charge in [0, 0.05) is 55.3 Å². The van der Waals surface area contributed by atoms with Gasteiger partial charge in [-0.1, -0.05) is 18.2 Å². The first-order valence-electron chi connectivity index (χ1n) is 10.7. The summed E-state index contributed by atoms with van der Waals surface area (Å²) >= 11 is 1.27. The first kappa shape index (κ1) is 24.0. The Kier molecular flexibility index (Phi) is 7.08. The quantitative estimate of drug-likeness (QED) is 0.539. The number of hydrogen-bond acceptors (Lipinski definition) is 7. The molecule has 11 heteroatoms. The summed E-state index contributed by atoms with van der Waals surface area (Å²) < 4.78 is 27.5. The van der Waals surface area contributed by atoms with Crippen LogP contribution in [0.15, 0.2) is 58.8 Å². The lowest BCUT2D eigenvalue weighted by molar-refractivity contribution is -0.114. The van der Waals surface area contributed by atoms with Crippen molar-refractivity contribution in [1.82, 2.24) is 14.2 Å². The SMILES string of the molecule is CC(=O)Nc1ccc(-c2csc(NC(=O)c3cccc(S(=O)(=O)N4CCN(C)CC4)c3)n2)cc1. The fourth-order valence-electron chi connectivity index (χ4n) is 3.54. The number of sulfonamides is 1. The zero-order valence-corrected chi connectivity index (χ0v) is 20.4. The number of amides is 2. The smallest absolute Gasteiger partial charge is 0.257 e. The van der Waals surface area contributed by atoms with Gasteiger partial charge in [-0.25, -0.2) is 13.4 Å². The van der Waals surface area contributed by atoms with Crippen molar-refractivity contribution in [3.05, 3.63) is 59.5 Å². The Morgan fingerprint density at radius 3 is 2.38 bits per heavy atom. The van der Waals surface area contributed by atoms with Gasteiger partial charge >= 0.3 is 0 Å². The van der Waals surface area contributed by atoms with Crippen molar-refractivity contribution >= 4 is 44.0 Å². The minimum atomic E-state index is -3.67. The van der Waals surface area contributed by atoms with E-state index >= 15 is 0 Å². The van der Waals surface area contributed by atoms with Crippen LogP contribution in [0.2, 0.25) is 0 Å². The summed E-state index contributed by atoms with van der Waals surface area (Å²) in [6.07, 6.45) is 0. The van der Waals surface area contributed by atoms with Crippen LogP contribution in [0.5, 0.6) is 0 Å². The number of anilines is 2. The van der Waals surface area contributed by atoms with Crippen LogP contribution in [-0.2, 0) is 14.8 Å². The van der Waals surface area contributed by atoms with E-state index in [1.165, 1.54) is 34.7 Å². The molecule has 0 saturated carbocycles. The van der Waals surface area contributed by atoms with E-state index in [0.717, 1.165) is 5.56 Å². The van der Waals surface area contributed by atoms with Crippen molar-refractivity contribution in [2.75, 3.05) is 43.9 Å². The third kappa shape index (κ3) is 5.50. The summed E-state index contributed by atoms with van der Waals surface area (Å²) in [5, 5.41) is 7.67. The molecule has 0 unspecified atom stereocenters. The predicted octanol–water partition coefficient (Wildman–Crippen LogP) is 2.96. The lowest BCUT2D eigenvalue weighted by Gasteiger charge is -2.31. The minimum Gasteiger partial charge on any atom is -0.326 e. The van der Waals surface area contributed by atoms with Gasteiger partial charge in [-0.3, -0.25) is 14.9 Å². The molecule has 2 amide bonds. The number of nitrogens with one attached hydrogen (secondary N) is 2. The fourth-order valence-corrected chi connectivity index (χ4v) is 5.72. The van der Waals surface area contributed by atoms with Crippen LogP contribution in [0.3, 0.4) is 0 Å². The van der Waals surface area contributed by atoms with Gasteiger partial charge in [0.2, 0.25) is 15.9 Å². The standard InChI is InChI=1S/C23H25N5O4S2/c1-16(29)24-19-8-6-17(7-9-19)21-15-33-23(25-21)26-22(30)18-4-3-5-20(14-18)34(31,32)28-12-10-27(2)11-13-28/h3-9,14-15H,10-13H2,1-2H3,(H,24,29)(H,25,26,30). The Balaban J connectivity index is 1.46. The zero-order valence-electron chi connectivity index (χ0n) is 18.8. The normalized spacial score (nSPS) is 15.1. The van der Waals surface area contributed by atoms with Crippen molar-refractivity contribution in [1.29, 1.82) is 0 Å². The number of likely N-dealkylation sites (N-methyl/N-ethyl adjacent to an activating group) is 1. The van der Waals surface area contributed by atoms with E-state index in [4.69, 9.17) is 0 Å². The molecule has 2 aromatic carbocycles. The maximum Gasteiger partial charge on any atom is 0.257 e. The van der Waals surface area contributed by atoms with E-state index in [0.29, 0.717) is 42.7 Å². The first-order chi connectivity index (χ1) is 16.2. The molecular weight excluding hydrogens is 474 g/mol. The zero-order chi connectivity index (χ0) is 24.3. The van der Waals surface area contributed by atoms with Crippen molar-refractivity contribution in [3.63, 3.8) is 0 Å².